The van der Waals surface area contributed by atoms with Crippen LogP contribution in [0.5, 0.6) is 0 Å². The van der Waals surface area contributed by atoms with E-state index in [2.05, 4.69) is 38.1 Å². The first-order chi connectivity index (χ1) is 8.11. The molecule has 3 nitrogen and oxygen atoms in total. The van der Waals surface area contributed by atoms with Crippen molar-refractivity contribution >= 4 is 0 Å². The summed E-state index contributed by atoms with van der Waals surface area (Å²) >= 11 is 0. The summed E-state index contributed by atoms with van der Waals surface area (Å²) in [5.41, 5.74) is 2.64. The summed E-state index contributed by atoms with van der Waals surface area (Å²) in [6.45, 7) is 10.0. The van der Waals surface area contributed by atoms with Crippen LogP contribution in [0.4, 0.5) is 0 Å². The first-order valence-corrected chi connectivity index (χ1v) is 6.83. The van der Waals surface area contributed by atoms with Crippen LogP contribution < -0.4 is 5.32 Å². The highest BCUT2D eigenvalue weighted by molar-refractivity contribution is 5.21. The first-order valence-electron chi connectivity index (χ1n) is 6.83. The Kier molecular flexibility index (Phi) is 5.69. The van der Waals surface area contributed by atoms with E-state index in [0.717, 1.165) is 6.54 Å². The summed E-state index contributed by atoms with van der Waals surface area (Å²) in [5, 5.41) is 8.04. The van der Waals surface area contributed by atoms with Crippen molar-refractivity contribution in [3.63, 3.8) is 0 Å². The van der Waals surface area contributed by atoms with Crippen LogP contribution in [-0.2, 0) is 7.05 Å². The maximum Gasteiger partial charge on any atom is 0.0540 e. The Balaban J connectivity index is 2.85. The van der Waals surface area contributed by atoms with E-state index >= 15 is 0 Å². The molecule has 2 atom stereocenters. The van der Waals surface area contributed by atoms with Crippen LogP contribution in [0.3, 0.4) is 0 Å². The maximum atomic E-state index is 4.36. The molecular weight excluding hydrogens is 210 g/mol. The van der Waals surface area contributed by atoms with Gasteiger partial charge in [-0.05, 0) is 32.2 Å². The number of rotatable bonds is 7. The zero-order chi connectivity index (χ0) is 12.8. The average Bonchev–Trinajstić information content (AvgIpc) is 2.62. The zero-order valence-electron chi connectivity index (χ0n) is 12.0. The van der Waals surface area contributed by atoms with Crippen molar-refractivity contribution in [3.8, 4) is 0 Å². The standard InChI is InChI=1S/C14H27N3/c1-6-8-11(3)14(15-9-7-2)13-10-16-17(5)12(13)4/h10-11,14-15H,6-9H2,1-5H3. The molecule has 17 heavy (non-hydrogen) atoms. The molecule has 0 amide bonds. The van der Waals surface area contributed by atoms with Gasteiger partial charge in [-0.25, -0.2) is 0 Å². The SMILES string of the molecule is CCCNC(c1cnn(C)c1C)C(C)CCC. The molecule has 0 spiro atoms. The Hall–Kier alpha value is -0.830. The Morgan fingerprint density at radius 2 is 2.06 bits per heavy atom. The Morgan fingerprint density at radius 1 is 1.35 bits per heavy atom. The molecule has 0 aromatic carbocycles. The lowest BCUT2D eigenvalue weighted by atomic mass is 9.91. The van der Waals surface area contributed by atoms with Gasteiger partial charge in [0, 0.05) is 24.3 Å². The van der Waals surface area contributed by atoms with Crippen molar-refractivity contribution in [3.05, 3.63) is 17.5 Å². The van der Waals surface area contributed by atoms with Crippen molar-refractivity contribution in [1.29, 1.82) is 0 Å². The van der Waals surface area contributed by atoms with E-state index in [1.54, 1.807) is 0 Å². The summed E-state index contributed by atoms with van der Waals surface area (Å²) < 4.78 is 1.97. The summed E-state index contributed by atoms with van der Waals surface area (Å²) in [5.74, 6) is 0.662. The molecule has 0 saturated heterocycles. The van der Waals surface area contributed by atoms with E-state index < -0.39 is 0 Å². The normalized spacial score (nSPS) is 14.9. The third-order valence-electron chi connectivity index (χ3n) is 3.54. The lowest BCUT2D eigenvalue weighted by molar-refractivity contribution is 0.362. The topological polar surface area (TPSA) is 29.9 Å². The molecule has 0 fully saturated rings. The predicted molar refractivity (Wildman–Crippen MR) is 73.1 cm³/mol. The fourth-order valence-corrected chi connectivity index (χ4v) is 2.36. The number of hydrogen-bond donors (Lipinski definition) is 1. The Bertz CT molecular complexity index is 330. The molecule has 1 N–H and O–H groups in total. The average molecular weight is 237 g/mol. The van der Waals surface area contributed by atoms with Crippen LogP contribution >= 0.6 is 0 Å². The summed E-state index contributed by atoms with van der Waals surface area (Å²) in [6, 6.07) is 0.448. The number of aryl methyl sites for hydroxylation is 1. The third-order valence-corrected chi connectivity index (χ3v) is 3.54. The van der Waals surface area contributed by atoms with Crippen LogP contribution in [0.15, 0.2) is 6.20 Å². The van der Waals surface area contributed by atoms with Gasteiger partial charge in [0.05, 0.1) is 6.20 Å². The molecule has 0 aliphatic rings. The minimum Gasteiger partial charge on any atom is -0.310 e. The second kappa shape index (κ2) is 6.80. The molecule has 1 rings (SSSR count). The van der Waals surface area contributed by atoms with Crippen LogP contribution in [-0.4, -0.2) is 16.3 Å². The molecule has 0 aliphatic carbocycles. The fraction of sp³-hybridized carbons (Fsp3) is 0.786. The molecule has 0 radical (unpaired) electrons. The number of nitrogens with zero attached hydrogens (tertiary/aromatic N) is 2. The highest BCUT2D eigenvalue weighted by Crippen LogP contribution is 2.27. The van der Waals surface area contributed by atoms with Crippen molar-refractivity contribution in [2.45, 2.75) is 53.0 Å². The first kappa shape index (κ1) is 14.2. The highest BCUT2D eigenvalue weighted by atomic mass is 15.3. The molecule has 98 valence electrons. The number of hydrogen-bond acceptors (Lipinski definition) is 2. The molecule has 0 bridgehead atoms. The van der Waals surface area contributed by atoms with Gasteiger partial charge >= 0.3 is 0 Å². The van der Waals surface area contributed by atoms with E-state index in [0.29, 0.717) is 12.0 Å². The van der Waals surface area contributed by atoms with Gasteiger partial charge in [-0.3, -0.25) is 4.68 Å². The lowest BCUT2D eigenvalue weighted by Crippen LogP contribution is -2.28. The van der Waals surface area contributed by atoms with Gasteiger partial charge in [0.25, 0.3) is 0 Å². The third kappa shape index (κ3) is 3.56. The van der Waals surface area contributed by atoms with Crippen molar-refractivity contribution in [2.75, 3.05) is 6.54 Å². The van der Waals surface area contributed by atoms with E-state index in [1.807, 2.05) is 17.9 Å². The summed E-state index contributed by atoms with van der Waals surface area (Å²) in [6.07, 6.45) is 5.70. The van der Waals surface area contributed by atoms with Gasteiger partial charge in [0.2, 0.25) is 0 Å². The molecule has 1 aromatic heterocycles. The smallest absolute Gasteiger partial charge is 0.0540 e. The van der Waals surface area contributed by atoms with Crippen LogP contribution in [0.25, 0.3) is 0 Å². The summed E-state index contributed by atoms with van der Waals surface area (Å²) in [4.78, 5) is 0. The van der Waals surface area contributed by atoms with E-state index in [4.69, 9.17) is 0 Å². The minimum absolute atomic E-state index is 0.448. The Labute approximate surface area is 106 Å². The van der Waals surface area contributed by atoms with Crippen LogP contribution in [0.1, 0.15) is 57.3 Å². The second-order valence-electron chi connectivity index (χ2n) is 5.01. The van der Waals surface area contributed by atoms with E-state index in [9.17, 15) is 0 Å². The molecule has 2 unspecified atom stereocenters. The van der Waals surface area contributed by atoms with Crippen molar-refractivity contribution in [2.24, 2.45) is 13.0 Å². The molecule has 0 saturated carbocycles. The minimum atomic E-state index is 0.448. The maximum absolute atomic E-state index is 4.36. The van der Waals surface area contributed by atoms with Gasteiger partial charge < -0.3 is 5.32 Å². The van der Waals surface area contributed by atoms with Crippen molar-refractivity contribution < 1.29 is 0 Å². The highest BCUT2D eigenvalue weighted by Gasteiger charge is 2.21. The van der Waals surface area contributed by atoms with Gasteiger partial charge in [-0.1, -0.05) is 27.2 Å². The fourth-order valence-electron chi connectivity index (χ4n) is 2.36. The molecule has 1 heterocycles. The number of nitrogens with one attached hydrogen (secondary N) is 1. The molecule has 0 aliphatic heterocycles. The molecular formula is C14H27N3. The van der Waals surface area contributed by atoms with Crippen LogP contribution in [0.2, 0.25) is 0 Å². The molecule has 1 aromatic rings. The van der Waals surface area contributed by atoms with Gasteiger partial charge in [-0.2, -0.15) is 5.10 Å². The predicted octanol–water partition coefficient (Wildman–Crippen LogP) is 3.21. The molecule has 3 heteroatoms. The second-order valence-corrected chi connectivity index (χ2v) is 5.01. The van der Waals surface area contributed by atoms with E-state index in [1.165, 1.54) is 30.5 Å². The van der Waals surface area contributed by atoms with Gasteiger partial charge in [-0.15, -0.1) is 0 Å². The lowest BCUT2D eigenvalue weighted by Gasteiger charge is -2.25. The monoisotopic (exact) mass is 237 g/mol. The summed E-state index contributed by atoms with van der Waals surface area (Å²) in [7, 11) is 2.01. The Morgan fingerprint density at radius 3 is 2.53 bits per heavy atom. The number of aromatic nitrogens is 2. The quantitative estimate of drug-likeness (QED) is 0.789. The van der Waals surface area contributed by atoms with Gasteiger partial charge in [0.15, 0.2) is 0 Å². The van der Waals surface area contributed by atoms with Gasteiger partial charge in [0.1, 0.15) is 0 Å². The van der Waals surface area contributed by atoms with Crippen LogP contribution in [0, 0.1) is 12.8 Å². The van der Waals surface area contributed by atoms with E-state index in [-0.39, 0.29) is 0 Å². The van der Waals surface area contributed by atoms with Crippen molar-refractivity contribution in [1.82, 2.24) is 15.1 Å². The zero-order valence-corrected chi connectivity index (χ0v) is 12.0. The largest absolute Gasteiger partial charge is 0.310 e.